The molecule has 0 aliphatic heterocycles. The van der Waals surface area contributed by atoms with Gasteiger partial charge in [0, 0.05) is 28.9 Å². The molecule has 10 heteroatoms. The summed E-state index contributed by atoms with van der Waals surface area (Å²) in [5.41, 5.74) is 1.34. The van der Waals surface area contributed by atoms with Gasteiger partial charge in [-0.1, -0.05) is 11.8 Å². The van der Waals surface area contributed by atoms with Crippen LogP contribution < -0.4 is 5.56 Å². The quantitative estimate of drug-likeness (QED) is 0.410. The minimum Gasteiger partial charge on any atom is -0.464 e. The number of hydrogen-bond donors (Lipinski definition) is 1. The van der Waals surface area contributed by atoms with Gasteiger partial charge in [-0.2, -0.15) is 0 Å². The van der Waals surface area contributed by atoms with E-state index < -0.39 is 0 Å². The summed E-state index contributed by atoms with van der Waals surface area (Å²) in [4.78, 5) is 24.9. The summed E-state index contributed by atoms with van der Waals surface area (Å²) in [6.07, 6.45) is 4.91. The third-order valence-corrected chi connectivity index (χ3v) is 6.06. The van der Waals surface area contributed by atoms with Crippen molar-refractivity contribution in [3.63, 3.8) is 0 Å². The average molecular weight is 423 g/mol. The van der Waals surface area contributed by atoms with Crippen molar-refractivity contribution in [1.29, 1.82) is 0 Å². The number of fused-ring (bicyclic) bond motifs is 1. The second-order valence-electron chi connectivity index (χ2n) is 6.13. The lowest BCUT2D eigenvalue weighted by molar-refractivity contribution is 0.465. The first-order valence-electron chi connectivity index (χ1n) is 8.65. The van der Waals surface area contributed by atoms with Crippen LogP contribution in [0.3, 0.4) is 0 Å². The molecule has 0 unspecified atom stereocenters. The third-order valence-electron chi connectivity index (χ3n) is 4.25. The van der Waals surface area contributed by atoms with Crippen LogP contribution in [0, 0.1) is 0 Å². The second kappa shape index (κ2) is 7.30. The molecule has 0 fully saturated rings. The Balaban J connectivity index is 1.42. The van der Waals surface area contributed by atoms with Crippen LogP contribution in [0.4, 0.5) is 0 Å². The molecule has 5 aromatic rings. The number of hydrogen-bond acceptors (Lipinski definition) is 9. The lowest BCUT2D eigenvalue weighted by Crippen LogP contribution is -2.12. The molecule has 0 bridgehead atoms. The third kappa shape index (κ3) is 3.36. The molecule has 1 atom stereocenters. The first kappa shape index (κ1) is 17.8. The summed E-state index contributed by atoms with van der Waals surface area (Å²) < 4.78 is 11.1. The van der Waals surface area contributed by atoms with E-state index in [2.05, 4.69) is 25.1 Å². The molecule has 5 rings (SSSR count). The van der Waals surface area contributed by atoms with E-state index in [1.807, 2.05) is 18.4 Å². The largest absolute Gasteiger partial charge is 0.464 e. The fourth-order valence-electron chi connectivity index (χ4n) is 2.85. The molecule has 5 aromatic heterocycles. The molecule has 0 saturated heterocycles. The normalized spacial score (nSPS) is 12.4. The number of H-pyrrole nitrogens is 1. The van der Waals surface area contributed by atoms with Crippen LogP contribution in [0.2, 0.25) is 0 Å². The van der Waals surface area contributed by atoms with Crippen molar-refractivity contribution < 1.29 is 8.83 Å². The van der Waals surface area contributed by atoms with E-state index in [0.29, 0.717) is 32.9 Å². The SMILES string of the molecule is C[C@H](Sc1nnc(-c2ccncc2)o1)c1nc2scc(-c3ccco3)c2c(=O)[nH]1. The molecule has 0 aliphatic carbocycles. The van der Waals surface area contributed by atoms with Gasteiger partial charge in [0.15, 0.2) is 0 Å². The van der Waals surface area contributed by atoms with Gasteiger partial charge in [-0.15, -0.1) is 21.5 Å². The standard InChI is InChI=1S/C19H13N5O3S2/c1-10(29-19-24-23-17(27-19)11-4-6-20-7-5-11)15-21-16(25)14-12(9-28-18(14)22-15)13-3-2-8-26-13/h2-10H,1H3,(H,21,22,25)/t10-/m0/s1. The lowest BCUT2D eigenvalue weighted by atomic mass is 10.2. The Morgan fingerprint density at radius 1 is 1.21 bits per heavy atom. The number of pyridine rings is 1. The van der Waals surface area contributed by atoms with E-state index >= 15 is 0 Å². The van der Waals surface area contributed by atoms with Gasteiger partial charge in [-0.3, -0.25) is 9.78 Å². The van der Waals surface area contributed by atoms with Crippen LogP contribution >= 0.6 is 23.1 Å². The molecule has 1 N–H and O–H groups in total. The summed E-state index contributed by atoms with van der Waals surface area (Å²) in [6.45, 7) is 1.92. The highest BCUT2D eigenvalue weighted by Crippen LogP contribution is 2.35. The summed E-state index contributed by atoms with van der Waals surface area (Å²) >= 11 is 2.74. The van der Waals surface area contributed by atoms with E-state index in [9.17, 15) is 4.79 Å². The van der Waals surface area contributed by atoms with Crippen LogP contribution in [-0.2, 0) is 0 Å². The van der Waals surface area contributed by atoms with Gasteiger partial charge in [-0.05, 0) is 31.2 Å². The topological polar surface area (TPSA) is 111 Å². The number of thioether (sulfide) groups is 1. The van der Waals surface area contributed by atoms with Crippen molar-refractivity contribution in [3.05, 3.63) is 64.5 Å². The highest BCUT2D eigenvalue weighted by atomic mass is 32.2. The number of aromatic nitrogens is 5. The highest BCUT2D eigenvalue weighted by molar-refractivity contribution is 7.99. The highest BCUT2D eigenvalue weighted by Gasteiger charge is 2.19. The zero-order chi connectivity index (χ0) is 19.8. The first-order chi connectivity index (χ1) is 14.2. The van der Waals surface area contributed by atoms with E-state index in [-0.39, 0.29) is 10.8 Å². The fraction of sp³-hybridized carbons (Fsp3) is 0.105. The Hall–Kier alpha value is -3.24. The van der Waals surface area contributed by atoms with Gasteiger partial charge >= 0.3 is 0 Å². The Morgan fingerprint density at radius 3 is 2.86 bits per heavy atom. The second-order valence-corrected chi connectivity index (χ2v) is 8.28. The number of rotatable bonds is 5. The van der Waals surface area contributed by atoms with E-state index in [1.165, 1.54) is 23.1 Å². The summed E-state index contributed by atoms with van der Waals surface area (Å²) in [5, 5.41) is 10.8. The molecule has 5 heterocycles. The van der Waals surface area contributed by atoms with E-state index in [1.54, 1.807) is 36.9 Å². The monoisotopic (exact) mass is 423 g/mol. The molecule has 29 heavy (non-hydrogen) atoms. The molecule has 0 radical (unpaired) electrons. The molecular weight excluding hydrogens is 410 g/mol. The van der Waals surface area contributed by atoms with Crippen LogP contribution in [0.15, 0.2) is 67.2 Å². The van der Waals surface area contributed by atoms with Crippen LogP contribution in [-0.4, -0.2) is 25.1 Å². The van der Waals surface area contributed by atoms with Crippen molar-refractivity contribution in [2.24, 2.45) is 0 Å². The van der Waals surface area contributed by atoms with Gasteiger partial charge < -0.3 is 13.8 Å². The van der Waals surface area contributed by atoms with Crippen LogP contribution in [0.25, 0.3) is 33.0 Å². The summed E-state index contributed by atoms with van der Waals surface area (Å²) in [6, 6.07) is 7.21. The van der Waals surface area contributed by atoms with Crippen molar-refractivity contribution in [2.45, 2.75) is 17.4 Å². The van der Waals surface area contributed by atoms with Crippen LogP contribution in [0.5, 0.6) is 0 Å². The molecular formula is C19H13N5O3S2. The fourth-order valence-corrected chi connectivity index (χ4v) is 4.52. The number of aromatic amines is 1. The van der Waals surface area contributed by atoms with Gasteiger partial charge in [0.25, 0.3) is 10.8 Å². The van der Waals surface area contributed by atoms with Crippen molar-refractivity contribution in [2.75, 3.05) is 0 Å². The number of nitrogens with zero attached hydrogens (tertiary/aromatic N) is 4. The van der Waals surface area contributed by atoms with Crippen LogP contribution in [0.1, 0.15) is 18.0 Å². The van der Waals surface area contributed by atoms with Gasteiger partial charge in [0.1, 0.15) is 16.4 Å². The first-order valence-corrected chi connectivity index (χ1v) is 10.4. The van der Waals surface area contributed by atoms with E-state index in [0.717, 1.165) is 11.1 Å². The maximum Gasteiger partial charge on any atom is 0.277 e. The molecule has 0 saturated carbocycles. The maximum atomic E-state index is 12.7. The van der Waals surface area contributed by atoms with Crippen molar-refractivity contribution in [3.8, 4) is 22.8 Å². The van der Waals surface area contributed by atoms with Crippen molar-refractivity contribution >= 4 is 33.3 Å². The predicted octanol–water partition coefficient (Wildman–Crippen LogP) is 4.54. The Labute approximate surface area is 172 Å². The minimum atomic E-state index is -0.201. The molecule has 0 aliphatic rings. The Kier molecular flexibility index (Phi) is 4.49. The van der Waals surface area contributed by atoms with Crippen molar-refractivity contribution in [1.82, 2.24) is 25.1 Å². The van der Waals surface area contributed by atoms with Gasteiger partial charge in [-0.25, -0.2) is 4.98 Å². The van der Waals surface area contributed by atoms with E-state index in [4.69, 9.17) is 8.83 Å². The number of nitrogens with one attached hydrogen (secondary N) is 1. The zero-order valence-electron chi connectivity index (χ0n) is 15.0. The minimum absolute atomic E-state index is 0.188. The Morgan fingerprint density at radius 2 is 2.07 bits per heavy atom. The molecule has 0 amide bonds. The lowest BCUT2D eigenvalue weighted by Gasteiger charge is -2.07. The maximum absolute atomic E-state index is 12.7. The molecule has 8 nitrogen and oxygen atoms in total. The summed E-state index contributed by atoms with van der Waals surface area (Å²) in [7, 11) is 0. The average Bonchev–Trinajstić information content (AvgIpc) is 3.49. The molecule has 144 valence electrons. The smallest absolute Gasteiger partial charge is 0.277 e. The van der Waals surface area contributed by atoms with Gasteiger partial charge in [0.05, 0.1) is 16.9 Å². The predicted molar refractivity (Wildman–Crippen MR) is 110 cm³/mol. The zero-order valence-corrected chi connectivity index (χ0v) is 16.7. The summed E-state index contributed by atoms with van der Waals surface area (Å²) in [5.74, 6) is 1.61. The Bertz CT molecular complexity index is 1330. The molecule has 0 spiro atoms. The number of furan rings is 1. The van der Waals surface area contributed by atoms with Gasteiger partial charge in [0.2, 0.25) is 5.89 Å². The molecule has 0 aromatic carbocycles. The number of thiophene rings is 1.